The van der Waals surface area contributed by atoms with Gasteiger partial charge in [-0.1, -0.05) is 36.0 Å². The standard InChI is InChI=1S/C23H24FN5S/c24-20-7-2-1-6-17(20)19-14-27-21-9-8-15(13-18(19)21)22-28-29-23(30-22)26-12-10-16-5-3-4-11-25-16/h1-2,6-9,13-14,16,25,27H,3-5,10-12H2,(H,26,29). The van der Waals surface area contributed by atoms with Gasteiger partial charge in [0.05, 0.1) is 0 Å². The minimum absolute atomic E-state index is 0.223. The van der Waals surface area contributed by atoms with Crippen molar-refractivity contribution in [2.75, 3.05) is 18.4 Å². The third-order valence-electron chi connectivity index (χ3n) is 5.70. The molecule has 3 N–H and O–H groups in total. The summed E-state index contributed by atoms with van der Waals surface area (Å²) in [4.78, 5) is 3.24. The predicted molar refractivity (Wildman–Crippen MR) is 121 cm³/mol. The van der Waals surface area contributed by atoms with Crippen LogP contribution in [0, 0.1) is 5.82 Å². The van der Waals surface area contributed by atoms with E-state index in [-0.39, 0.29) is 5.82 Å². The molecule has 0 saturated carbocycles. The number of hydrogen-bond donors (Lipinski definition) is 3. The molecule has 7 heteroatoms. The van der Waals surface area contributed by atoms with Gasteiger partial charge >= 0.3 is 0 Å². The highest BCUT2D eigenvalue weighted by Gasteiger charge is 2.14. The van der Waals surface area contributed by atoms with Crippen LogP contribution in [0.25, 0.3) is 32.6 Å². The van der Waals surface area contributed by atoms with Crippen LogP contribution in [0.5, 0.6) is 0 Å². The lowest BCUT2D eigenvalue weighted by molar-refractivity contribution is 0.389. The summed E-state index contributed by atoms with van der Waals surface area (Å²) in [5, 5.41) is 18.3. The topological polar surface area (TPSA) is 65.6 Å². The number of aromatic amines is 1. The lowest BCUT2D eigenvalue weighted by Crippen LogP contribution is -2.35. The SMILES string of the molecule is Fc1ccccc1-c1c[nH]c2ccc(-c3nnc(NCCC4CCCCN4)s3)cc12. The van der Waals surface area contributed by atoms with E-state index in [0.29, 0.717) is 11.6 Å². The number of nitrogens with zero attached hydrogens (tertiary/aromatic N) is 2. The largest absolute Gasteiger partial charge is 0.361 e. The van der Waals surface area contributed by atoms with Gasteiger partial charge in [-0.3, -0.25) is 0 Å². The number of aromatic nitrogens is 3. The van der Waals surface area contributed by atoms with Crippen LogP contribution in [0.3, 0.4) is 0 Å². The van der Waals surface area contributed by atoms with Gasteiger partial charge in [-0.2, -0.15) is 0 Å². The second-order valence-corrected chi connectivity index (χ2v) is 8.69. The fourth-order valence-electron chi connectivity index (χ4n) is 4.09. The van der Waals surface area contributed by atoms with E-state index in [9.17, 15) is 4.39 Å². The zero-order valence-electron chi connectivity index (χ0n) is 16.6. The molecule has 5 rings (SSSR count). The third-order valence-corrected chi connectivity index (χ3v) is 6.63. The first-order chi connectivity index (χ1) is 14.8. The highest BCUT2D eigenvalue weighted by atomic mass is 32.1. The molecular weight excluding hydrogens is 397 g/mol. The highest BCUT2D eigenvalue weighted by molar-refractivity contribution is 7.18. The molecule has 0 spiro atoms. The summed E-state index contributed by atoms with van der Waals surface area (Å²) in [6.07, 6.45) is 6.81. The number of anilines is 1. The maximum atomic E-state index is 14.3. The van der Waals surface area contributed by atoms with Crippen molar-refractivity contribution in [2.24, 2.45) is 0 Å². The van der Waals surface area contributed by atoms with E-state index < -0.39 is 0 Å². The highest BCUT2D eigenvalue weighted by Crippen LogP contribution is 2.34. The molecule has 2 aromatic heterocycles. The minimum Gasteiger partial charge on any atom is -0.361 e. The van der Waals surface area contributed by atoms with Gasteiger partial charge in [0.2, 0.25) is 5.13 Å². The number of benzene rings is 2. The van der Waals surface area contributed by atoms with Gasteiger partial charge in [0, 0.05) is 46.4 Å². The summed E-state index contributed by atoms with van der Waals surface area (Å²) in [6, 6.07) is 13.6. The quantitative estimate of drug-likeness (QED) is 0.388. The van der Waals surface area contributed by atoms with Gasteiger partial charge in [-0.05, 0) is 50.1 Å². The van der Waals surface area contributed by atoms with E-state index in [1.165, 1.54) is 25.3 Å². The van der Waals surface area contributed by atoms with E-state index in [1.807, 2.05) is 24.4 Å². The van der Waals surface area contributed by atoms with E-state index >= 15 is 0 Å². The molecule has 0 bridgehead atoms. The molecule has 1 fully saturated rings. The zero-order chi connectivity index (χ0) is 20.3. The Hall–Kier alpha value is -2.77. The number of H-pyrrole nitrogens is 1. The molecule has 0 radical (unpaired) electrons. The summed E-state index contributed by atoms with van der Waals surface area (Å²) in [7, 11) is 0. The fourth-order valence-corrected chi connectivity index (χ4v) is 4.86. The Morgan fingerprint density at radius 3 is 2.90 bits per heavy atom. The van der Waals surface area contributed by atoms with Crippen LogP contribution in [0.15, 0.2) is 48.7 Å². The molecule has 1 aliphatic heterocycles. The summed E-state index contributed by atoms with van der Waals surface area (Å²) < 4.78 is 14.3. The van der Waals surface area contributed by atoms with Crippen LogP contribution in [0.1, 0.15) is 25.7 Å². The Kier molecular flexibility index (Phi) is 5.46. The van der Waals surface area contributed by atoms with Crippen molar-refractivity contribution in [3.05, 3.63) is 54.5 Å². The number of rotatable bonds is 6. The van der Waals surface area contributed by atoms with Gasteiger partial charge in [0.25, 0.3) is 0 Å². The Balaban J connectivity index is 1.34. The van der Waals surface area contributed by atoms with Crippen LogP contribution in [-0.2, 0) is 0 Å². The van der Waals surface area contributed by atoms with Crippen molar-refractivity contribution in [3.8, 4) is 21.7 Å². The molecule has 1 saturated heterocycles. The van der Waals surface area contributed by atoms with Gasteiger partial charge in [-0.15, -0.1) is 10.2 Å². The van der Waals surface area contributed by atoms with E-state index in [2.05, 4.69) is 31.9 Å². The van der Waals surface area contributed by atoms with Crippen molar-refractivity contribution < 1.29 is 4.39 Å². The summed E-state index contributed by atoms with van der Waals surface area (Å²) in [6.45, 7) is 2.02. The third kappa shape index (κ3) is 3.95. The Morgan fingerprint density at radius 1 is 1.10 bits per heavy atom. The second kappa shape index (κ2) is 8.53. The molecule has 154 valence electrons. The molecule has 1 unspecified atom stereocenters. The molecule has 2 aromatic carbocycles. The summed E-state index contributed by atoms with van der Waals surface area (Å²) in [5.41, 5.74) is 3.41. The number of fused-ring (bicyclic) bond motifs is 1. The van der Waals surface area contributed by atoms with Crippen LogP contribution in [0.2, 0.25) is 0 Å². The van der Waals surface area contributed by atoms with Crippen molar-refractivity contribution >= 4 is 27.4 Å². The molecule has 5 nitrogen and oxygen atoms in total. The molecule has 1 aliphatic rings. The van der Waals surface area contributed by atoms with Crippen LogP contribution in [0.4, 0.5) is 9.52 Å². The number of halogens is 1. The molecule has 0 aliphatic carbocycles. The maximum absolute atomic E-state index is 14.3. The van der Waals surface area contributed by atoms with E-state index in [0.717, 1.165) is 51.7 Å². The Bertz CT molecular complexity index is 1150. The average molecular weight is 422 g/mol. The molecule has 0 amide bonds. The normalized spacial score (nSPS) is 16.8. The lowest BCUT2D eigenvalue weighted by Gasteiger charge is -2.23. The van der Waals surface area contributed by atoms with Crippen LogP contribution in [-0.4, -0.2) is 34.3 Å². The van der Waals surface area contributed by atoms with E-state index in [1.54, 1.807) is 23.5 Å². The second-order valence-electron chi connectivity index (χ2n) is 7.72. The molecule has 30 heavy (non-hydrogen) atoms. The molecule has 1 atom stereocenters. The molecule has 3 heterocycles. The molecular formula is C23H24FN5S. The smallest absolute Gasteiger partial charge is 0.206 e. The van der Waals surface area contributed by atoms with Crippen LogP contribution >= 0.6 is 11.3 Å². The van der Waals surface area contributed by atoms with Crippen molar-refractivity contribution in [3.63, 3.8) is 0 Å². The van der Waals surface area contributed by atoms with Crippen molar-refractivity contribution in [1.29, 1.82) is 0 Å². The first-order valence-electron chi connectivity index (χ1n) is 10.4. The monoisotopic (exact) mass is 421 g/mol. The Labute approximate surface area is 178 Å². The minimum atomic E-state index is -0.223. The lowest BCUT2D eigenvalue weighted by atomic mass is 10.0. The first-order valence-corrected chi connectivity index (χ1v) is 11.3. The average Bonchev–Trinajstić information content (AvgIpc) is 3.42. The first kappa shape index (κ1) is 19.2. The number of nitrogens with one attached hydrogen (secondary N) is 3. The Morgan fingerprint density at radius 2 is 2.03 bits per heavy atom. The fraction of sp³-hybridized carbons (Fsp3) is 0.304. The number of piperidine rings is 1. The molecule has 4 aromatic rings. The zero-order valence-corrected chi connectivity index (χ0v) is 17.4. The van der Waals surface area contributed by atoms with Gasteiger partial charge in [0.1, 0.15) is 10.8 Å². The van der Waals surface area contributed by atoms with E-state index in [4.69, 9.17) is 0 Å². The summed E-state index contributed by atoms with van der Waals surface area (Å²) in [5.74, 6) is -0.223. The predicted octanol–water partition coefficient (Wildman–Crippen LogP) is 5.44. The maximum Gasteiger partial charge on any atom is 0.206 e. The van der Waals surface area contributed by atoms with Gasteiger partial charge in [-0.25, -0.2) is 4.39 Å². The van der Waals surface area contributed by atoms with Gasteiger partial charge < -0.3 is 15.6 Å². The summed E-state index contributed by atoms with van der Waals surface area (Å²) >= 11 is 1.55. The van der Waals surface area contributed by atoms with Crippen molar-refractivity contribution in [1.82, 2.24) is 20.5 Å². The number of hydrogen-bond acceptors (Lipinski definition) is 5. The van der Waals surface area contributed by atoms with Crippen LogP contribution < -0.4 is 10.6 Å². The van der Waals surface area contributed by atoms with Crippen molar-refractivity contribution in [2.45, 2.75) is 31.7 Å². The van der Waals surface area contributed by atoms with Gasteiger partial charge in [0.15, 0.2) is 0 Å².